The Bertz CT molecular complexity index is 1130. The Hall–Kier alpha value is -4.25. The van der Waals surface area contributed by atoms with E-state index in [1.165, 1.54) is 5.01 Å². The minimum absolute atomic E-state index is 0.0639. The second kappa shape index (κ2) is 9.05. The number of amides is 2. The molecule has 156 valence electrons. The Kier molecular flexibility index (Phi) is 5.85. The van der Waals surface area contributed by atoms with Gasteiger partial charge in [0.15, 0.2) is 0 Å². The van der Waals surface area contributed by atoms with E-state index < -0.39 is 0 Å². The Morgan fingerprint density at radius 3 is 2.68 bits per heavy atom. The number of para-hydroxylation sites is 1. The minimum Gasteiger partial charge on any atom is -0.467 e. The molecule has 0 saturated heterocycles. The van der Waals surface area contributed by atoms with Crippen molar-refractivity contribution < 1.29 is 18.4 Å². The van der Waals surface area contributed by atoms with E-state index in [-0.39, 0.29) is 30.9 Å². The first kappa shape index (κ1) is 20.0. The predicted molar refractivity (Wildman–Crippen MR) is 114 cm³/mol. The predicted octanol–water partition coefficient (Wildman–Crippen LogP) is 3.03. The molecule has 8 heteroatoms. The van der Waals surface area contributed by atoms with E-state index in [0.29, 0.717) is 34.9 Å². The van der Waals surface area contributed by atoms with Crippen molar-refractivity contribution in [2.24, 2.45) is 5.10 Å². The van der Waals surface area contributed by atoms with E-state index in [1.807, 2.05) is 6.07 Å². The van der Waals surface area contributed by atoms with Crippen LogP contribution in [0.3, 0.4) is 0 Å². The highest BCUT2D eigenvalue weighted by atomic mass is 16.3. The number of hydrogen-bond donors (Lipinski definition) is 2. The number of rotatable bonds is 7. The van der Waals surface area contributed by atoms with Gasteiger partial charge in [0.2, 0.25) is 0 Å². The number of nitrogens with one attached hydrogen (secondary N) is 2. The van der Waals surface area contributed by atoms with Gasteiger partial charge >= 0.3 is 0 Å². The average Bonchev–Trinajstić information content (AvgIpc) is 3.56. The van der Waals surface area contributed by atoms with E-state index in [0.717, 1.165) is 0 Å². The molecule has 1 aromatic carbocycles. The molecule has 1 unspecified atom stereocenters. The van der Waals surface area contributed by atoms with E-state index in [9.17, 15) is 9.59 Å². The zero-order valence-electron chi connectivity index (χ0n) is 16.6. The number of carbonyl (C=O) groups excluding carboxylic acids is 2. The fourth-order valence-electron chi connectivity index (χ4n) is 3.35. The van der Waals surface area contributed by atoms with E-state index >= 15 is 0 Å². The van der Waals surface area contributed by atoms with Crippen LogP contribution in [0.25, 0.3) is 0 Å². The Labute approximate surface area is 178 Å². The first-order valence-corrected chi connectivity index (χ1v) is 9.68. The number of anilines is 1. The summed E-state index contributed by atoms with van der Waals surface area (Å²) in [6.07, 6.45) is 8.80. The van der Waals surface area contributed by atoms with Gasteiger partial charge in [-0.1, -0.05) is 18.1 Å². The molecule has 0 fully saturated rings. The smallest absolute Gasteiger partial charge is 0.262 e. The van der Waals surface area contributed by atoms with Crippen LogP contribution in [-0.2, 0) is 4.79 Å². The highest BCUT2D eigenvalue weighted by molar-refractivity contribution is 6.02. The third-order valence-corrected chi connectivity index (χ3v) is 4.80. The minimum atomic E-state index is -0.376. The Balaban J connectivity index is 1.51. The lowest BCUT2D eigenvalue weighted by atomic mass is 10.1. The van der Waals surface area contributed by atoms with E-state index in [4.69, 9.17) is 15.3 Å². The Morgan fingerprint density at radius 2 is 1.94 bits per heavy atom. The van der Waals surface area contributed by atoms with Gasteiger partial charge in [-0.05, 0) is 36.4 Å². The monoisotopic (exact) mass is 416 g/mol. The summed E-state index contributed by atoms with van der Waals surface area (Å²) in [5.74, 6) is 3.01. The molecule has 1 aliphatic rings. The second-order valence-electron chi connectivity index (χ2n) is 6.78. The molecule has 1 aliphatic heterocycles. The SMILES string of the molecule is C#CCNC(=O)c1ccccc1NCC(=O)N1N=C(c2ccco2)CC1c1ccco1. The molecule has 2 N–H and O–H groups in total. The number of carbonyl (C=O) groups is 2. The largest absolute Gasteiger partial charge is 0.467 e. The summed E-state index contributed by atoms with van der Waals surface area (Å²) in [4.78, 5) is 25.4. The van der Waals surface area contributed by atoms with Crippen LogP contribution >= 0.6 is 0 Å². The normalized spacial score (nSPS) is 15.3. The van der Waals surface area contributed by atoms with Crippen LogP contribution in [0.2, 0.25) is 0 Å². The number of furan rings is 2. The standard InChI is InChI=1S/C23H20N4O4/c1-2-11-24-23(29)16-7-3-4-8-17(16)25-15-22(28)27-19(21-10-6-13-31-21)14-18(26-27)20-9-5-12-30-20/h1,3-10,12-13,19,25H,11,14-15H2,(H,24,29). The van der Waals surface area contributed by atoms with Crippen LogP contribution in [0, 0.1) is 12.3 Å². The molecule has 3 heterocycles. The van der Waals surface area contributed by atoms with Crippen LogP contribution in [0.5, 0.6) is 0 Å². The number of hydrazone groups is 1. The van der Waals surface area contributed by atoms with Gasteiger partial charge in [0.25, 0.3) is 11.8 Å². The van der Waals surface area contributed by atoms with Crippen molar-refractivity contribution in [3.05, 3.63) is 78.1 Å². The molecule has 0 aliphatic carbocycles. The van der Waals surface area contributed by atoms with Gasteiger partial charge in [0.05, 0.1) is 31.2 Å². The number of hydrogen-bond acceptors (Lipinski definition) is 6. The molecule has 0 radical (unpaired) electrons. The first-order valence-electron chi connectivity index (χ1n) is 9.68. The van der Waals surface area contributed by atoms with Crippen LogP contribution in [0.1, 0.15) is 34.3 Å². The fraction of sp³-hybridized carbons (Fsp3) is 0.174. The highest BCUT2D eigenvalue weighted by Crippen LogP contribution is 2.33. The third-order valence-electron chi connectivity index (χ3n) is 4.80. The van der Waals surface area contributed by atoms with Crippen LogP contribution < -0.4 is 10.6 Å². The van der Waals surface area contributed by atoms with Gasteiger partial charge in [-0.25, -0.2) is 5.01 Å². The van der Waals surface area contributed by atoms with Gasteiger partial charge in [-0.2, -0.15) is 5.10 Å². The summed E-state index contributed by atoms with van der Waals surface area (Å²) < 4.78 is 11.0. The maximum Gasteiger partial charge on any atom is 0.262 e. The number of benzene rings is 1. The highest BCUT2D eigenvalue weighted by Gasteiger charge is 2.35. The van der Waals surface area contributed by atoms with Crippen molar-refractivity contribution in [1.29, 1.82) is 0 Å². The maximum absolute atomic E-state index is 13.0. The molecular formula is C23H20N4O4. The van der Waals surface area contributed by atoms with Gasteiger partial charge in [0, 0.05) is 12.1 Å². The molecule has 2 amide bonds. The maximum atomic E-state index is 13.0. The third kappa shape index (κ3) is 4.36. The molecular weight excluding hydrogens is 396 g/mol. The van der Waals surface area contributed by atoms with Crippen molar-refractivity contribution in [1.82, 2.24) is 10.3 Å². The summed E-state index contributed by atoms with van der Waals surface area (Å²) in [7, 11) is 0. The van der Waals surface area contributed by atoms with Crippen molar-refractivity contribution >= 4 is 23.2 Å². The number of nitrogens with zero attached hydrogens (tertiary/aromatic N) is 2. The topological polar surface area (TPSA) is 100 Å². The lowest BCUT2D eigenvalue weighted by molar-refractivity contribution is -0.131. The van der Waals surface area contributed by atoms with Crippen LogP contribution in [0.4, 0.5) is 5.69 Å². The van der Waals surface area contributed by atoms with Gasteiger partial charge in [-0.15, -0.1) is 6.42 Å². The zero-order chi connectivity index (χ0) is 21.6. The summed E-state index contributed by atoms with van der Waals surface area (Å²) in [5, 5.41) is 11.5. The lowest BCUT2D eigenvalue weighted by Gasteiger charge is -2.20. The van der Waals surface area contributed by atoms with E-state index in [2.05, 4.69) is 21.7 Å². The van der Waals surface area contributed by atoms with Crippen molar-refractivity contribution in [3.8, 4) is 12.3 Å². The zero-order valence-corrected chi connectivity index (χ0v) is 16.6. The average molecular weight is 416 g/mol. The van der Waals surface area contributed by atoms with Crippen LogP contribution in [-0.4, -0.2) is 35.6 Å². The van der Waals surface area contributed by atoms with Crippen molar-refractivity contribution in [2.75, 3.05) is 18.4 Å². The summed E-state index contributed by atoms with van der Waals surface area (Å²) >= 11 is 0. The molecule has 0 bridgehead atoms. The van der Waals surface area contributed by atoms with Crippen molar-refractivity contribution in [2.45, 2.75) is 12.5 Å². The Morgan fingerprint density at radius 1 is 1.13 bits per heavy atom. The molecule has 31 heavy (non-hydrogen) atoms. The quantitative estimate of drug-likeness (QED) is 0.577. The molecule has 8 nitrogen and oxygen atoms in total. The molecule has 2 aromatic heterocycles. The summed E-state index contributed by atoms with van der Waals surface area (Å²) in [6, 6.07) is 13.7. The van der Waals surface area contributed by atoms with Gasteiger partial charge < -0.3 is 19.5 Å². The molecule has 0 spiro atoms. The first-order chi connectivity index (χ1) is 15.2. The van der Waals surface area contributed by atoms with Crippen molar-refractivity contribution in [3.63, 3.8) is 0 Å². The summed E-state index contributed by atoms with van der Waals surface area (Å²) in [6.45, 7) is 0.0561. The molecule has 4 rings (SSSR count). The number of terminal acetylenes is 1. The summed E-state index contributed by atoms with van der Waals surface area (Å²) in [5.41, 5.74) is 1.58. The molecule has 1 atom stereocenters. The molecule has 0 saturated carbocycles. The van der Waals surface area contributed by atoms with E-state index in [1.54, 1.807) is 55.0 Å². The molecule has 3 aromatic rings. The van der Waals surface area contributed by atoms with Gasteiger partial charge in [0.1, 0.15) is 23.3 Å². The lowest BCUT2D eigenvalue weighted by Crippen LogP contribution is -2.32. The van der Waals surface area contributed by atoms with Gasteiger partial charge in [-0.3, -0.25) is 9.59 Å². The second-order valence-corrected chi connectivity index (χ2v) is 6.78. The van der Waals surface area contributed by atoms with Crippen LogP contribution in [0.15, 0.2) is 75.0 Å². The fourth-order valence-corrected chi connectivity index (χ4v) is 3.35.